The van der Waals surface area contributed by atoms with Crippen LogP contribution in [-0.4, -0.2) is 53.8 Å². The van der Waals surface area contributed by atoms with Crippen molar-refractivity contribution in [1.82, 2.24) is 14.7 Å². The number of rotatable bonds is 3. The summed E-state index contributed by atoms with van der Waals surface area (Å²) in [5.74, 6) is -0.116. The number of anilines is 2. The van der Waals surface area contributed by atoms with Crippen molar-refractivity contribution in [2.75, 3.05) is 43.4 Å². The second-order valence-electron chi connectivity index (χ2n) is 7.81. The van der Waals surface area contributed by atoms with Crippen LogP contribution in [0.15, 0.2) is 35.1 Å². The first-order chi connectivity index (χ1) is 13.5. The van der Waals surface area contributed by atoms with Crippen molar-refractivity contribution in [3.05, 3.63) is 51.9 Å². The van der Waals surface area contributed by atoms with Crippen molar-refractivity contribution in [1.29, 1.82) is 0 Å². The zero-order valence-corrected chi connectivity index (χ0v) is 16.5. The zero-order valence-electron chi connectivity index (χ0n) is 16.5. The fourth-order valence-corrected chi connectivity index (χ4v) is 4.05. The Kier molecular flexibility index (Phi) is 5.17. The number of nitrogens with zero attached hydrogens (tertiary/aromatic N) is 4. The minimum absolute atomic E-state index is 0.0212. The summed E-state index contributed by atoms with van der Waals surface area (Å²) in [6.07, 6.45) is 2.04. The molecule has 1 aromatic heterocycles. The van der Waals surface area contributed by atoms with Crippen LogP contribution < -0.4 is 15.8 Å². The fraction of sp³-hybridized carbons (Fsp3) is 0.476. The number of hydrogen-bond donors (Lipinski definition) is 1. The van der Waals surface area contributed by atoms with Gasteiger partial charge in [0.15, 0.2) is 0 Å². The first-order valence-corrected chi connectivity index (χ1v) is 9.91. The van der Waals surface area contributed by atoms with Gasteiger partial charge < -0.3 is 15.1 Å². The van der Waals surface area contributed by atoms with Crippen LogP contribution in [0.1, 0.15) is 17.7 Å². The molecule has 2 aliphatic rings. The van der Waals surface area contributed by atoms with E-state index in [1.807, 2.05) is 18.2 Å². The predicted molar refractivity (Wildman–Crippen MR) is 110 cm³/mol. The summed E-state index contributed by atoms with van der Waals surface area (Å²) in [6, 6.07) is 9.64. The number of piperazine rings is 1. The largest absolute Gasteiger partial charge is 0.367 e. The molecule has 7 nitrogen and oxygen atoms in total. The van der Waals surface area contributed by atoms with E-state index in [2.05, 4.69) is 33.3 Å². The normalized spacial score (nSPS) is 19.9. The third-order valence-corrected chi connectivity index (χ3v) is 5.83. The second-order valence-corrected chi connectivity index (χ2v) is 7.81. The quantitative estimate of drug-likeness (QED) is 0.867. The van der Waals surface area contributed by atoms with Crippen LogP contribution in [0.4, 0.5) is 11.4 Å². The van der Waals surface area contributed by atoms with Gasteiger partial charge in [0.2, 0.25) is 5.91 Å². The molecule has 0 spiro atoms. The maximum atomic E-state index is 13.0. The molecule has 0 radical (unpaired) electrons. The van der Waals surface area contributed by atoms with Gasteiger partial charge in [-0.2, -0.15) is 5.10 Å². The molecule has 2 aromatic rings. The minimum atomic E-state index is -0.137. The van der Waals surface area contributed by atoms with Crippen LogP contribution in [0.25, 0.3) is 0 Å². The molecular formula is C21H27N5O2. The number of likely N-dealkylation sites (N-methyl/N-ethyl adjacent to an activating group) is 1. The Morgan fingerprint density at radius 2 is 1.89 bits per heavy atom. The highest BCUT2D eigenvalue weighted by Crippen LogP contribution is 2.29. The molecule has 2 heterocycles. The standard InChI is InChI=1S/C21H27N5O2/c1-24-9-11-26(12-10-24)19-6-4-3-5-18(19)22-21(28)15-7-8-17-16(13-15)14-20(27)25(2)23-17/h3-6,14-15H,7-13H2,1-2H3,(H,22,28). The Morgan fingerprint density at radius 1 is 1.14 bits per heavy atom. The molecule has 1 aliphatic carbocycles. The van der Waals surface area contributed by atoms with Crippen LogP contribution in [-0.2, 0) is 24.7 Å². The average molecular weight is 381 g/mol. The van der Waals surface area contributed by atoms with E-state index in [1.54, 1.807) is 13.1 Å². The summed E-state index contributed by atoms with van der Waals surface area (Å²) in [4.78, 5) is 29.5. The second kappa shape index (κ2) is 7.75. The predicted octanol–water partition coefficient (Wildman–Crippen LogP) is 1.28. The molecule has 1 N–H and O–H groups in total. The monoisotopic (exact) mass is 381 g/mol. The number of fused-ring (bicyclic) bond motifs is 1. The van der Waals surface area contributed by atoms with Gasteiger partial charge in [0, 0.05) is 45.2 Å². The number of carbonyl (C=O) groups is 1. The van der Waals surface area contributed by atoms with Gasteiger partial charge in [-0.1, -0.05) is 12.1 Å². The summed E-state index contributed by atoms with van der Waals surface area (Å²) < 4.78 is 1.37. The Hall–Kier alpha value is -2.67. The Morgan fingerprint density at radius 3 is 2.68 bits per heavy atom. The number of hydrogen-bond acceptors (Lipinski definition) is 5. The first kappa shape index (κ1) is 18.7. The van der Waals surface area contributed by atoms with Crippen molar-refractivity contribution in [2.24, 2.45) is 13.0 Å². The van der Waals surface area contributed by atoms with Gasteiger partial charge in [0.1, 0.15) is 0 Å². The molecule has 1 aliphatic heterocycles. The Balaban J connectivity index is 1.49. The van der Waals surface area contributed by atoms with Gasteiger partial charge >= 0.3 is 0 Å². The van der Waals surface area contributed by atoms with Crippen molar-refractivity contribution in [3.8, 4) is 0 Å². The van der Waals surface area contributed by atoms with E-state index in [1.165, 1.54) is 4.68 Å². The van der Waals surface area contributed by atoms with Gasteiger partial charge in [-0.3, -0.25) is 9.59 Å². The van der Waals surface area contributed by atoms with Crippen LogP contribution in [0, 0.1) is 5.92 Å². The minimum Gasteiger partial charge on any atom is -0.367 e. The summed E-state index contributed by atoms with van der Waals surface area (Å²) in [7, 11) is 3.80. The third-order valence-electron chi connectivity index (χ3n) is 5.83. The number of aryl methyl sites for hydroxylation is 2. The van der Waals surface area contributed by atoms with Gasteiger partial charge in [0.05, 0.1) is 17.1 Å². The molecule has 1 aromatic carbocycles. The molecule has 1 amide bonds. The molecule has 1 saturated heterocycles. The highest BCUT2D eigenvalue weighted by molar-refractivity contribution is 5.96. The fourth-order valence-electron chi connectivity index (χ4n) is 4.05. The molecule has 28 heavy (non-hydrogen) atoms. The van der Waals surface area contributed by atoms with Gasteiger partial charge in [-0.15, -0.1) is 0 Å². The zero-order chi connectivity index (χ0) is 19.7. The van der Waals surface area contributed by atoms with E-state index in [0.717, 1.165) is 61.7 Å². The molecule has 1 unspecified atom stereocenters. The molecule has 1 fully saturated rings. The number of benzene rings is 1. The SMILES string of the molecule is CN1CCN(c2ccccc2NC(=O)C2CCc3nn(C)c(=O)cc3C2)CC1. The highest BCUT2D eigenvalue weighted by Gasteiger charge is 2.27. The van der Waals surface area contributed by atoms with Crippen LogP contribution in [0.5, 0.6) is 0 Å². The van der Waals surface area contributed by atoms with Gasteiger partial charge in [-0.25, -0.2) is 4.68 Å². The molecule has 7 heteroatoms. The van der Waals surface area contributed by atoms with Crippen LogP contribution in [0.3, 0.4) is 0 Å². The molecule has 0 saturated carbocycles. The smallest absolute Gasteiger partial charge is 0.266 e. The third kappa shape index (κ3) is 3.80. The van der Waals surface area contributed by atoms with Crippen molar-refractivity contribution in [2.45, 2.75) is 19.3 Å². The van der Waals surface area contributed by atoms with E-state index in [9.17, 15) is 9.59 Å². The number of para-hydroxylation sites is 2. The summed E-state index contributed by atoms with van der Waals surface area (Å²) in [6.45, 7) is 3.94. The number of amides is 1. The summed E-state index contributed by atoms with van der Waals surface area (Å²) in [5, 5.41) is 7.48. The van der Waals surface area contributed by atoms with Gasteiger partial charge in [0.25, 0.3) is 5.56 Å². The molecule has 148 valence electrons. The lowest BCUT2D eigenvalue weighted by Crippen LogP contribution is -2.44. The Labute approximate surface area is 165 Å². The van der Waals surface area contributed by atoms with Crippen molar-refractivity contribution < 1.29 is 4.79 Å². The summed E-state index contributed by atoms with van der Waals surface area (Å²) in [5.41, 5.74) is 3.66. The van der Waals surface area contributed by atoms with E-state index >= 15 is 0 Å². The van der Waals surface area contributed by atoms with Crippen LogP contribution in [0.2, 0.25) is 0 Å². The molecule has 1 atom stereocenters. The van der Waals surface area contributed by atoms with E-state index in [0.29, 0.717) is 6.42 Å². The number of carbonyl (C=O) groups excluding carboxylic acids is 1. The van der Waals surface area contributed by atoms with E-state index < -0.39 is 0 Å². The maximum absolute atomic E-state index is 13.0. The van der Waals surface area contributed by atoms with Crippen LogP contribution >= 0.6 is 0 Å². The van der Waals surface area contributed by atoms with Gasteiger partial charge in [-0.05, 0) is 44.0 Å². The van der Waals surface area contributed by atoms with Crippen molar-refractivity contribution >= 4 is 17.3 Å². The molecular weight excluding hydrogens is 354 g/mol. The lowest BCUT2D eigenvalue weighted by Gasteiger charge is -2.35. The Bertz CT molecular complexity index is 931. The molecule has 0 bridgehead atoms. The first-order valence-electron chi connectivity index (χ1n) is 9.91. The molecule has 4 rings (SSSR count). The van der Waals surface area contributed by atoms with E-state index in [-0.39, 0.29) is 17.4 Å². The van der Waals surface area contributed by atoms with E-state index in [4.69, 9.17) is 0 Å². The lowest BCUT2D eigenvalue weighted by atomic mass is 9.86. The highest BCUT2D eigenvalue weighted by atomic mass is 16.2. The summed E-state index contributed by atoms with van der Waals surface area (Å²) >= 11 is 0. The maximum Gasteiger partial charge on any atom is 0.266 e. The van der Waals surface area contributed by atoms with Crippen molar-refractivity contribution in [3.63, 3.8) is 0 Å². The topological polar surface area (TPSA) is 70.5 Å². The number of nitrogens with one attached hydrogen (secondary N) is 1. The number of aromatic nitrogens is 2. The average Bonchev–Trinajstić information content (AvgIpc) is 2.69. The lowest BCUT2D eigenvalue weighted by molar-refractivity contribution is -0.120.